The Balaban J connectivity index is 1.73. The first-order valence-corrected chi connectivity index (χ1v) is 6.06. The van der Waals surface area contributed by atoms with Gasteiger partial charge in [0.15, 0.2) is 0 Å². The van der Waals surface area contributed by atoms with Crippen LogP contribution in [0.4, 0.5) is 0 Å². The van der Waals surface area contributed by atoms with Gasteiger partial charge >= 0.3 is 0 Å². The average molecular weight is 234 g/mol. The zero-order valence-electron chi connectivity index (χ0n) is 10.1. The molecule has 0 spiro atoms. The van der Waals surface area contributed by atoms with Gasteiger partial charge in [0, 0.05) is 12.3 Å². The highest BCUT2D eigenvalue weighted by molar-refractivity contribution is 5.19. The molecule has 3 heteroatoms. The highest BCUT2D eigenvalue weighted by Gasteiger charge is 2.59. The van der Waals surface area contributed by atoms with E-state index in [0.29, 0.717) is 17.6 Å². The molecule has 0 saturated carbocycles. The lowest BCUT2D eigenvalue weighted by Gasteiger charge is -2.27. The molecule has 0 aromatic heterocycles. The summed E-state index contributed by atoms with van der Waals surface area (Å²) in [5.74, 6) is 2.30. The van der Waals surface area contributed by atoms with Crippen LogP contribution >= 0.6 is 0 Å². The average Bonchev–Trinajstić information content (AvgIpc) is 2.91. The second-order valence-corrected chi connectivity index (χ2v) is 5.20. The molecule has 5 unspecified atom stereocenters. The summed E-state index contributed by atoms with van der Waals surface area (Å²) in [6.45, 7) is 14.3. The van der Waals surface area contributed by atoms with Gasteiger partial charge in [-0.2, -0.15) is 0 Å². The zero-order chi connectivity index (χ0) is 12.2. The van der Waals surface area contributed by atoms with Crippen LogP contribution in [0.3, 0.4) is 0 Å². The maximum absolute atomic E-state index is 5.97. The van der Waals surface area contributed by atoms with Crippen LogP contribution in [0.2, 0.25) is 0 Å². The molecule has 0 aliphatic carbocycles. The van der Waals surface area contributed by atoms with Crippen LogP contribution in [0.1, 0.15) is 13.3 Å². The molecule has 0 aromatic rings. The largest absolute Gasteiger partial charge is 0.498 e. The SMILES string of the molecule is C=C(C)C(=C)OC1CC2OC1C1C(=C)OCC21. The van der Waals surface area contributed by atoms with E-state index in [4.69, 9.17) is 14.2 Å². The Kier molecular flexibility index (Phi) is 2.33. The first kappa shape index (κ1) is 10.9. The molecule has 17 heavy (non-hydrogen) atoms. The lowest BCUT2D eigenvalue weighted by atomic mass is 9.79. The van der Waals surface area contributed by atoms with Crippen LogP contribution in [0, 0.1) is 11.8 Å². The van der Waals surface area contributed by atoms with E-state index in [9.17, 15) is 0 Å². The highest BCUT2D eigenvalue weighted by atomic mass is 16.6. The summed E-state index contributed by atoms with van der Waals surface area (Å²) >= 11 is 0. The van der Waals surface area contributed by atoms with E-state index in [0.717, 1.165) is 24.4 Å². The molecule has 3 saturated heterocycles. The summed E-state index contributed by atoms with van der Waals surface area (Å²) in [5.41, 5.74) is 0.867. The number of allylic oxidation sites excluding steroid dienone is 1. The molecule has 3 aliphatic rings. The van der Waals surface area contributed by atoms with Gasteiger partial charge in [-0.3, -0.25) is 0 Å². The molecule has 5 atom stereocenters. The molecular formula is C14H18O3. The molecule has 92 valence electrons. The van der Waals surface area contributed by atoms with E-state index in [2.05, 4.69) is 19.7 Å². The molecule has 0 N–H and O–H groups in total. The normalized spacial score (nSPS) is 42.2. The summed E-state index contributed by atoms with van der Waals surface area (Å²) in [6.07, 6.45) is 1.33. The van der Waals surface area contributed by atoms with Crippen molar-refractivity contribution in [2.45, 2.75) is 31.7 Å². The van der Waals surface area contributed by atoms with Crippen molar-refractivity contribution >= 4 is 0 Å². The fourth-order valence-electron chi connectivity index (χ4n) is 3.11. The van der Waals surface area contributed by atoms with Crippen molar-refractivity contribution in [1.29, 1.82) is 0 Å². The number of ether oxygens (including phenoxy) is 3. The smallest absolute Gasteiger partial charge is 0.128 e. The molecule has 0 amide bonds. The van der Waals surface area contributed by atoms with E-state index < -0.39 is 0 Å². The van der Waals surface area contributed by atoms with Crippen molar-refractivity contribution in [3.05, 3.63) is 36.8 Å². The molecular weight excluding hydrogens is 216 g/mol. The number of hydrogen-bond donors (Lipinski definition) is 0. The molecule has 3 fully saturated rings. The highest BCUT2D eigenvalue weighted by Crippen LogP contribution is 2.51. The lowest BCUT2D eigenvalue weighted by Crippen LogP contribution is -2.36. The van der Waals surface area contributed by atoms with E-state index in [1.165, 1.54) is 0 Å². The molecule has 3 nitrogen and oxygen atoms in total. The van der Waals surface area contributed by atoms with E-state index in [1.54, 1.807) is 0 Å². The minimum Gasteiger partial charge on any atom is -0.498 e. The minimum atomic E-state index is 0.0731. The van der Waals surface area contributed by atoms with Crippen LogP contribution in [-0.4, -0.2) is 24.9 Å². The molecule has 0 aromatic carbocycles. The molecule has 0 radical (unpaired) electrons. The van der Waals surface area contributed by atoms with Crippen LogP contribution < -0.4 is 0 Å². The van der Waals surface area contributed by atoms with Crippen molar-refractivity contribution in [2.75, 3.05) is 6.61 Å². The van der Waals surface area contributed by atoms with Crippen LogP contribution in [0.25, 0.3) is 0 Å². The summed E-state index contributed by atoms with van der Waals surface area (Å²) in [5, 5.41) is 0. The van der Waals surface area contributed by atoms with Crippen molar-refractivity contribution in [3.8, 4) is 0 Å². The van der Waals surface area contributed by atoms with Gasteiger partial charge in [0.25, 0.3) is 0 Å². The fraction of sp³-hybridized carbons (Fsp3) is 0.571. The predicted molar refractivity (Wildman–Crippen MR) is 64.2 cm³/mol. The van der Waals surface area contributed by atoms with Gasteiger partial charge in [0.2, 0.25) is 0 Å². The second kappa shape index (κ2) is 3.64. The zero-order valence-corrected chi connectivity index (χ0v) is 10.1. The monoisotopic (exact) mass is 234 g/mol. The Bertz CT molecular complexity index is 398. The fourth-order valence-corrected chi connectivity index (χ4v) is 3.11. The first-order valence-electron chi connectivity index (χ1n) is 6.06. The van der Waals surface area contributed by atoms with Crippen LogP contribution in [0.5, 0.6) is 0 Å². The molecule has 3 aliphatic heterocycles. The van der Waals surface area contributed by atoms with Gasteiger partial charge in [0.05, 0.1) is 24.4 Å². The van der Waals surface area contributed by atoms with E-state index in [1.807, 2.05) is 6.92 Å². The van der Waals surface area contributed by atoms with Crippen molar-refractivity contribution in [2.24, 2.45) is 11.8 Å². The Morgan fingerprint density at radius 2 is 2.18 bits per heavy atom. The summed E-state index contributed by atoms with van der Waals surface area (Å²) in [4.78, 5) is 0. The Hall–Kier alpha value is -1.22. The van der Waals surface area contributed by atoms with Gasteiger partial charge in [-0.25, -0.2) is 0 Å². The molecule has 3 heterocycles. The maximum Gasteiger partial charge on any atom is 0.128 e. The molecule has 2 bridgehead atoms. The first-order chi connectivity index (χ1) is 8.08. The Morgan fingerprint density at radius 1 is 1.41 bits per heavy atom. The van der Waals surface area contributed by atoms with Crippen molar-refractivity contribution in [1.82, 2.24) is 0 Å². The van der Waals surface area contributed by atoms with Crippen molar-refractivity contribution < 1.29 is 14.2 Å². The third-order valence-corrected chi connectivity index (χ3v) is 4.06. The number of rotatable bonds is 3. The maximum atomic E-state index is 5.97. The second-order valence-electron chi connectivity index (χ2n) is 5.20. The minimum absolute atomic E-state index is 0.0731. The van der Waals surface area contributed by atoms with Crippen LogP contribution in [0.15, 0.2) is 36.8 Å². The van der Waals surface area contributed by atoms with Crippen molar-refractivity contribution in [3.63, 3.8) is 0 Å². The Morgan fingerprint density at radius 3 is 2.88 bits per heavy atom. The third-order valence-electron chi connectivity index (χ3n) is 4.06. The summed E-state index contributed by atoms with van der Waals surface area (Å²) in [6, 6.07) is 0. The van der Waals surface area contributed by atoms with Gasteiger partial charge in [0.1, 0.15) is 18.0 Å². The van der Waals surface area contributed by atoms with Crippen LogP contribution in [-0.2, 0) is 14.2 Å². The van der Waals surface area contributed by atoms with Gasteiger partial charge < -0.3 is 14.2 Å². The number of hydrogen-bond acceptors (Lipinski definition) is 3. The van der Waals surface area contributed by atoms with E-state index in [-0.39, 0.29) is 18.3 Å². The van der Waals surface area contributed by atoms with Gasteiger partial charge in [-0.15, -0.1) is 0 Å². The Labute approximate surface area is 102 Å². The van der Waals surface area contributed by atoms with E-state index >= 15 is 0 Å². The van der Waals surface area contributed by atoms with Gasteiger partial charge in [-0.1, -0.05) is 19.7 Å². The standard InChI is InChI=1S/C14H18O3/c1-7(2)8(3)16-12-5-11-10-6-15-9(4)13(10)14(12)17-11/h10-14H,1,3-6H2,2H3. The topological polar surface area (TPSA) is 27.7 Å². The summed E-state index contributed by atoms with van der Waals surface area (Å²) in [7, 11) is 0. The summed E-state index contributed by atoms with van der Waals surface area (Å²) < 4.78 is 17.3. The quantitative estimate of drug-likeness (QED) is 0.554. The van der Waals surface area contributed by atoms with Gasteiger partial charge in [-0.05, 0) is 12.5 Å². The lowest BCUT2D eigenvalue weighted by molar-refractivity contribution is 0.0143. The third kappa shape index (κ3) is 1.53. The predicted octanol–water partition coefficient (Wildman–Crippen LogP) is 2.41. The number of fused-ring (bicyclic) bond motifs is 5. The molecule has 3 rings (SSSR count).